The number of nitrogens with zero attached hydrogens (tertiary/aromatic N) is 2. The molecule has 1 amide bonds. The fraction of sp³-hybridized carbons (Fsp3) is 0.625. The molecule has 2 bridgehead atoms. The zero-order valence-electron chi connectivity index (χ0n) is 12.3. The van der Waals surface area contributed by atoms with Gasteiger partial charge < -0.3 is 5.32 Å². The molecule has 4 heteroatoms. The number of hydrogen-bond acceptors (Lipinski definition) is 2. The Morgan fingerprint density at radius 1 is 1.45 bits per heavy atom. The number of carbonyl (C=O) groups is 1. The van der Waals surface area contributed by atoms with Crippen LogP contribution < -0.4 is 5.32 Å². The molecule has 1 aromatic rings. The monoisotopic (exact) mass is 273 g/mol. The minimum Gasteiger partial charge on any atom is -0.352 e. The Kier molecular flexibility index (Phi) is 3.64. The Bertz CT molecular complexity index is 532. The topological polar surface area (TPSA) is 46.9 Å². The number of aromatic nitrogens is 2. The number of fused-ring (bicyclic) bond motifs is 2. The number of carbonyl (C=O) groups excluding carboxylic acids is 1. The summed E-state index contributed by atoms with van der Waals surface area (Å²) in [5, 5.41) is 7.35. The fourth-order valence-corrected chi connectivity index (χ4v) is 3.61. The lowest BCUT2D eigenvalue weighted by atomic mass is 9.90. The average Bonchev–Trinajstić information content (AvgIpc) is 3.12. The van der Waals surface area contributed by atoms with E-state index in [9.17, 15) is 4.79 Å². The molecular weight excluding hydrogens is 250 g/mol. The molecule has 1 aromatic heterocycles. The minimum atomic E-state index is 0.180. The van der Waals surface area contributed by atoms with E-state index in [-0.39, 0.29) is 5.91 Å². The summed E-state index contributed by atoms with van der Waals surface area (Å²) in [6.07, 6.45) is 9.62. The van der Waals surface area contributed by atoms with Crippen LogP contribution in [-0.4, -0.2) is 15.7 Å². The molecule has 4 nitrogen and oxygen atoms in total. The Morgan fingerprint density at radius 3 is 2.90 bits per heavy atom. The first-order valence-corrected chi connectivity index (χ1v) is 7.63. The third-order valence-electron chi connectivity index (χ3n) is 4.84. The van der Waals surface area contributed by atoms with Gasteiger partial charge in [-0.05, 0) is 44.4 Å². The fourth-order valence-electron chi connectivity index (χ4n) is 3.61. The summed E-state index contributed by atoms with van der Waals surface area (Å²) in [5.74, 6) is 2.13. The van der Waals surface area contributed by atoms with E-state index in [1.165, 1.54) is 12.8 Å². The maximum Gasteiger partial charge on any atom is 0.220 e. The van der Waals surface area contributed by atoms with Crippen LogP contribution in [0.15, 0.2) is 18.3 Å². The van der Waals surface area contributed by atoms with Gasteiger partial charge >= 0.3 is 0 Å². The first-order chi connectivity index (χ1) is 9.67. The Labute approximate surface area is 120 Å². The van der Waals surface area contributed by atoms with E-state index in [1.54, 1.807) is 0 Å². The van der Waals surface area contributed by atoms with Crippen molar-refractivity contribution in [3.05, 3.63) is 29.6 Å². The molecule has 0 spiro atoms. The van der Waals surface area contributed by atoms with Crippen LogP contribution in [0.4, 0.5) is 0 Å². The van der Waals surface area contributed by atoms with Gasteiger partial charge in [0.15, 0.2) is 0 Å². The Balaban J connectivity index is 1.49. The van der Waals surface area contributed by atoms with E-state index in [2.05, 4.69) is 36.4 Å². The summed E-state index contributed by atoms with van der Waals surface area (Å²) < 4.78 is 1.96. The van der Waals surface area contributed by atoms with Gasteiger partial charge in [-0.1, -0.05) is 12.2 Å². The van der Waals surface area contributed by atoms with Gasteiger partial charge in [0.2, 0.25) is 5.91 Å². The lowest BCUT2D eigenvalue weighted by Gasteiger charge is -2.17. The minimum absolute atomic E-state index is 0.180. The summed E-state index contributed by atoms with van der Waals surface area (Å²) in [6.45, 7) is 5.60. The molecule has 3 rings (SSSR count). The predicted molar refractivity (Wildman–Crippen MR) is 77.9 cm³/mol. The quantitative estimate of drug-likeness (QED) is 0.838. The van der Waals surface area contributed by atoms with E-state index in [4.69, 9.17) is 0 Å². The van der Waals surface area contributed by atoms with Crippen LogP contribution >= 0.6 is 0 Å². The van der Waals surface area contributed by atoms with E-state index >= 15 is 0 Å². The highest BCUT2D eigenvalue weighted by Crippen LogP contribution is 2.44. The molecule has 20 heavy (non-hydrogen) atoms. The number of allylic oxidation sites excluding steroid dienone is 2. The van der Waals surface area contributed by atoms with Crippen molar-refractivity contribution in [3.63, 3.8) is 0 Å². The second-order valence-corrected chi connectivity index (χ2v) is 6.09. The van der Waals surface area contributed by atoms with Crippen LogP contribution in [-0.2, 0) is 17.9 Å². The summed E-state index contributed by atoms with van der Waals surface area (Å²) >= 11 is 0. The molecule has 0 aromatic carbocycles. The smallest absolute Gasteiger partial charge is 0.220 e. The van der Waals surface area contributed by atoms with Crippen molar-refractivity contribution in [2.45, 2.75) is 46.2 Å². The molecule has 1 N–H and O–H groups in total. The van der Waals surface area contributed by atoms with Crippen molar-refractivity contribution in [1.29, 1.82) is 0 Å². The third kappa shape index (κ3) is 2.51. The zero-order chi connectivity index (χ0) is 14.1. The molecule has 1 saturated carbocycles. The van der Waals surface area contributed by atoms with E-state index in [0.717, 1.165) is 23.7 Å². The van der Waals surface area contributed by atoms with Crippen molar-refractivity contribution < 1.29 is 4.79 Å². The van der Waals surface area contributed by atoms with Gasteiger partial charge in [-0.3, -0.25) is 9.48 Å². The molecule has 0 radical (unpaired) electrons. The first kappa shape index (κ1) is 13.4. The lowest BCUT2D eigenvalue weighted by Crippen LogP contribution is -2.26. The van der Waals surface area contributed by atoms with Gasteiger partial charge in [-0.2, -0.15) is 5.10 Å². The lowest BCUT2D eigenvalue weighted by molar-refractivity contribution is -0.122. The average molecular weight is 273 g/mol. The SMILES string of the molecule is CCn1ncc(CNC(=O)C[C@@H]2C[C@@H]3C=C[C@H]2C3)c1C. The molecule has 2 aliphatic carbocycles. The van der Waals surface area contributed by atoms with Gasteiger partial charge in [-0.25, -0.2) is 0 Å². The normalized spacial score (nSPS) is 27.2. The zero-order valence-corrected chi connectivity index (χ0v) is 12.3. The largest absolute Gasteiger partial charge is 0.352 e. The molecule has 3 atom stereocenters. The molecule has 1 fully saturated rings. The van der Waals surface area contributed by atoms with Crippen molar-refractivity contribution in [2.75, 3.05) is 0 Å². The summed E-state index contributed by atoms with van der Waals surface area (Å²) in [7, 11) is 0. The summed E-state index contributed by atoms with van der Waals surface area (Å²) in [5.41, 5.74) is 2.27. The van der Waals surface area contributed by atoms with Gasteiger partial charge in [-0.15, -0.1) is 0 Å². The van der Waals surface area contributed by atoms with Crippen LogP contribution in [0.2, 0.25) is 0 Å². The maximum absolute atomic E-state index is 12.1. The van der Waals surface area contributed by atoms with Crippen molar-refractivity contribution in [3.8, 4) is 0 Å². The highest BCUT2D eigenvalue weighted by atomic mass is 16.1. The van der Waals surface area contributed by atoms with Crippen LogP contribution in [0.25, 0.3) is 0 Å². The number of nitrogens with one attached hydrogen (secondary N) is 1. The van der Waals surface area contributed by atoms with E-state index < -0.39 is 0 Å². The van der Waals surface area contributed by atoms with Gasteiger partial charge in [0.1, 0.15) is 0 Å². The third-order valence-corrected chi connectivity index (χ3v) is 4.84. The molecule has 0 unspecified atom stereocenters. The molecular formula is C16H23N3O. The molecule has 108 valence electrons. The van der Waals surface area contributed by atoms with Gasteiger partial charge in [0.05, 0.1) is 6.20 Å². The van der Waals surface area contributed by atoms with Crippen LogP contribution in [0.5, 0.6) is 0 Å². The number of rotatable bonds is 5. The highest BCUT2D eigenvalue weighted by Gasteiger charge is 2.36. The van der Waals surface area contributed by atoms with Gasteiger partial charge in [0.25, 0.3) is 0 Å². The number of aryl methyl sites for hydroxylation is 1. The second kappa shape index (κ2) is 5.43. The Hall–Kier alpha value is -1.58. The van der Waals surface area contributed by atoms with Crippen LogP contribution in [0, 0.1) is 24.7 Å². The van der Waals surface area contributed by atoms with Crippen molar-refractivity contribution >= 4 is 5.91 Å². The molecule has 0 aliphatic heterocycles. The van der Waals surface area contributed by atoms with Crippen LogP contribution in [0.1, 0.15) is 37.4 Å². The molecule has 0 saturated heterocycles. The van der Waals surface area contributed by atoms with Gasteiger partial charge in [0, 0.05) is 30.8 Å². The maximum atomic E-state index is 12.1. The Morgan fingerprint density at radius 2 is 2.30 bits per heavy atom. The predicted octanol–water partition coefficient (Wildman–Crippen LogP) is 2.43. The van der Waals surface area contributed by atoms with Crippen molar-refractivity contribution in [2.24, 2.45) is 17.8 Å². The molecule has 1 heterocycles. The second-order valence-electron chi connectivity index (χ2n) is 6.09. The number of hydrogen-bond donors (Lipinski definition) is 1. The van der Waals surface area contributed by atoms with E-state index in [1.807, 2.05) is 10.9 Å². The first-order valence-electron chi connectivity index (χ1n) is 7.63. The molecule has 2 aliphatic rings. The van der Waals surface area contributed by atoms with Crippen LogP contribution in [0.3, 0.4) is 0 Å². The van der Waals surface area contributed by atoms with Crippen molar-refractivity contribution in [1.82, 2.24) is 15.1 Å². The highest BCUT2D eigenvalue weighted by molar-refractivity contribution is 5.76. The summed E-state index contributed by atoms with van der Waals surface area (Å²) in [6, 6.07) is 0. The number of amides is 1. The standard InChI is InChI=1S/C16H23N3O/c1-3-19-11(2)15(10-18-19)9-17-16(20)8-14-7-12-4-5-13(14)6-12/h4-5,10,12-14H,3,6-9H2,1-2H3,(H,17,20)/t12-,13+,14+/m1/s1. The summed E-state index contributed by atoms with van der Waals surface area (Å²) in [4.78, 5) is 12.1. The van der Waals surface area contributed by atoms with E-state index in [0.29, 0.717) is 24.8 Å².